The van der Waals surface area contributed by atoms with Gasteiger partial charge in [-0.3, -0.25) is 0 Å². The number of hydrogen-bond donors (Lipinski definition) is 0. The summed E-state index contributed by atoms with van der Waals surface area (Å²) in [6, 6.07) is 10.7. The fourth-order valence-electron chi connectivity index (χ4n) is 2.37. The van der Waals surface area contributed by atoms with Crippen LogP contribution in [-0.4, -0.2) is 6.61 Å². The SMILES string of the molecule is CC(C)c1ccc(OCC[C@H](C)c2cc(Cl)cc(Cl)c2)c(F)c1. The number of benzene rings is 2. The number of rotatable bonds is 6. The lowest BCUT2D eigenvalue weighted by atomic mass is 9.98. The average molecular weight is 355 g/mol. The van der Waals surface area contributed by atoms with Gasteiger partial charge in [-0.05, 0) is 59.7 Å². The van der Waals surface area contributed by atoms with Gasteiger partial charge in [0.2, 0.25) is 0 Å². The minimum atomic E-state index is -0.311. The first-order chi connectivity index (χ1) is 10.9. The minimum Gasteiger partial charge on any atom is -0.490 e. The Kier molecular flexibility index (Phi) is 6.32. The van der Waals surface area contributed by atoms with Crippen LogP contribution in [0.25, 0.3) is 0 Å². The second-order valence-electron chi connectivity index (χ2n) is 6.09. The van der Waals surface area contributed by atoms with E-state index in [9.17, 15) is 4.39 Å². The third-order valence-electron chi connectivity index (χ3n) is 3.88. The molecule has 0 aromatic heterocycles. The highest BCUT2D eigenvalue weighted by molar-refractivity contribution is 6.34. The Morgan fingerprint density at radius 3 is 2.17 bits per heavy atom. The largest absolute Gasteiger partial charge is 0.490 e. The first-order valence-electron chi connectivity index (χ1n) is 7.75. The van der Waals surface area contributed by atoms with Crippen LogP contribution in [0.5, 0.6) is 5.75 Å². The smallest absolute Gasteiger partial charge is 0.165 e. The molecule has 1 nitrogen and oxygen atoms in total. The molecule has 0 amide bonds. The van der Waals surface area contributed by atoms with Crippen molar-refractivity contribution in [3.05, 3.63) is 63.4 Å². The van der Waals surface area contributed by atoms with E-state index in [-0.39, 0.29) is 11.7 Å². The van der Waals surface area contributed by atoms with Gasteiger partial charge in [0, 0.05) is 10.0 Å². The van der Waals surface area contributed by atoms with E-state index in [1.54, 1.807) is 18.2 Å². The van der Waals surface area contributed by atoms with Crippen molar-refractivity contribution < 1.29 is 9.13 Å². The lowest BCUT2D eigenvalue weighted by Crippen LogP contribution is -2.05. The molecule has 2 rings (SSSR count). The summed E-state index contributed by atoms with van der Waals surface area (Å²) < 4.78 is 19.6. The quantitative estimate of drug-likeness (QED) is 0.552. The molecule has 0 spiro atoms. The summed E-state index contributed by atoms with van der Waals surface area (Å²) in [6.07, 6.45) is 0.752. The van der Waals surface area contributed by atoms with Crippen molar-refractivity contribution in [2.24, 2.45) is 0 Å². The molecule has 0 fully saturated rings. The van der Waals surface area contributed by atoms with Gasteiger partial charge < -0.3 is 4.74 Å². The summed E-state index contributed by atoms with van der Waals surface area (Å²) in [4.78, 5) is 0. The molecule has 23 heavy (non-hydrogen) atoms. The predicted molar refractivity (Wildman–Crippen MR) is 95.5 cm³/mol. The van der Waals surface area contributed by atoms with Crippen LogP contribution in [0.1, 0.15) is 50.2 Å². The standard InChI is InChI=1S/C19H21Cl2FO/c1-12(2)14-4-5-19(18(22)10-14)23-7-6-13(3)15-8-16(20)11-17(21)9-15/h4-5,8-13H,6-7H2,1-3H3/t13-/m0/s1. The zero-order valence-corrected chi connectivity index (χ0v) is 15.1. The highest BCUT2D eigenvalue weighted by atomic mass is 35.5. The summed E-state index contributed by atoms with van der Waals surface area (Å²) in [7, 11) is 0. The molecule has 124 valence electrons. The minimum absolute atomic E-state index is 0.226. The molecular formula is C19H21Cl2FO. The van der Waals surface area contributed by atoms with Crippen molar-refractivity contribution >= 4 is 23.2 Å². The van der Waals surface area contributed by atoms with Crippen LogP contribution in [0, 0.1) is 5.82 Å². The van der Waals surface area contributed by atoms with Crippen LogP contribution in [0.15, 0.2) is 36.4 Å². The van der Waals surface area contributed by atoms with Crippen molar-refractivity contribution in [1.82, 2.24) is 0 Å². The zero-order valence-electron chi connectivity index (χ0n) is 13.6. The Balaban J connectivity index is 1.94. The molecular weight excluding hydrogens is 334 g/mol. The number of halogens is 3. The first-order valence-corrected chi connectivity index (χ1v) is 8.50. The van der Waals surface area contributed by atoms with Crippen LogP contribution in [0.3, 0.4) is 0 Å². The summed E-state index contributed by atoms with van der Waals surface area (Å²) in [5.74, 6) is 0.510. The fraction of sp³-hybridized carbons (Fsp3) is 0.368. The van der Waals surface area contributed by atoms with Crippen LogP contribution >= 0.6 is 23.2 Å². The van der Waals surface area contributed by atoms with Gasteiger partial charge in [-0.2, -0.15) is 0 Å². The summed E-state index contributed by atoms with van der Waals surface area (Å²) >= 11 is 12.0. The van der Waals surface area contributed by atoms with Gasteiger partial charge in [0.1, 0.15) is 0 Å². The molecule has 0 heterocycles. The highest BCUT2D eigenvalue weighted by Crippen LogP contribution is 2.27. The van der Waals surface area contributed by atoms with E-state index in [1.165, 1.54) is 0 Å². The normalized spacial score (nSPS) is 12.5. The van der Waals surface area contributed by atoms with Gasteiger partial charge in [-0.1, -0.05) is 50.0 Å². The van der Waals surface area contributed by atoms with E-state index in [4.69, 9.17) is 27.9 Å². The predicted octanol–water partition coefficient (Wildman–Crippen LogP) is 6.83. The van der Waals surface area contributed by atoms with E-state index in [1.807, 2.05) is 32.0 Å². The number of ether oxygens (including phenoxy) is 1. The third kappa shape index (κ3) is 5.12. The summed E-state index contributed by atoms with van der Waals surface area (Å²) in [5.41, 5.74) is 2.03. The van der Waals surface area contributed by atoms with E-state index >= 15 is 0 Å². The highest BCUT2D eigenvalue weighted by Gasteiger charge is 2.10. The Morgan fingerprint density at radius 1 is 0.957 bits per heavy atom. The second-order valence-corrected chi connectivity index (χ2v) is 6.96. The van der Waals surface area contributed by atoms with E-state index in [0.29, 0.717) is 28.3 Å². The van der Waals surface area contributed by atoms with Gasteiger partial charge >= 0.3 is 0 Å². The molecule has 0 aliphatic rings. The summed E-state index contributed by atoms with van der Waals surface area (Å²) in [6.45, 7) is 6.58. The van der Waals surface area contributed by atoms with E-state index in [2.05, 4.69) is 6.92 Å². The van der Waals surface area contributed by atoms with Crippen LogP contribution in [0.2, 0.25) is 10.0 Å². The molecule has 0 saturated heterocycles. The molecule has 0 aliphatic heterocycles. The monoisotopic (exact) mass is 354 g/mol. The second kappa shape index (κ2) is 8.03. The Labute approximate surface area is 147 Å². The van der Waals surface area contributed by atoms with Gasteiger partial charge in [0.15, 0.2) is 11.6 Å². The molecule has 0 aliphatic carbocycles. The number of hydrogen-bond acceptors (Lipinski definition) is 1. The molecule has 0 unspecified atom stereocenters. The van der Waals surface area contributed by atoms with Crippen molar-refractivity contribution in [2.75, 3.05) is 6.61 Å². The molecule has 0 N–H and O–H groups in total. The van der Waals surface area contributed by atoms with Crippen LogP contribution < -0.4 is 4.74 Å². The van der Waals surface area contributed by atoms with Crippen molar-refractivity contribution in [2.45, 2.75) is 39.0 Å². The Bertz CT molecular complexity index is 650. The maximum atomic E-state index is 14.0. The molecule has 0 bridgehead atoms. The van der Waals surface area contributed by atoms with Crippen molar-refractivity contribution in [3.8, 4) is 5.75 Å². The Morgan fingerprint density at radius 2 is 1.61 bits per heavy atom. The maximum absolute atomic E-state index is 14.0. The van der Waals surface area contributed by atoms with Crippen LogP contribution in [0.4, 0.5) is 4.39 Å². The van der Waals surface area contributed by atoms with Gasteiger partial charge in [0.25, 0.3) is 0 Å². The van der Waals surface area contributed by atoms with Crippen molar-refractivity contribution in [3.63, 3.8) is 0 Å². The van der Waals surface area contributed by atoms with E-state index in [0.717, 1.165) is 17.5 Å². The zero-order chi connectivity index (χ0) is 17.0. The van der Waals surface area contributed by atoms with Gasteiger partial charge in [0.05, 0.1) is 6.61 Å². The van der Waals surface area contributed by atoms with Gasteiger partial charge in [-0.25, -0.2) is 4.39 Å². The molecule has 2 aromatic carbocycles. The van der Waals surface area contributed by atoms with Gasteiger partial charge in [-0.15, -0.1) is 0 Å². The third-order valence-corrected chi connectivity index (χ3v) is 4.32. The topological polar surface area (TPSA) is 9.23 Å². The van der Waals surface area contributed by atoms with E-state index < -0.39 is 0 Å². The lowest BCUT2D eigenvalue weighted by Gasteiger charge is -2.14. The lowest BCUT2D eigenvalue weighted by molar-refractivity contribution is 0.286. The fourth-order valence-corrected chi connectivity index (χ4v) is 2.91. The maximum Gasteiger partial charge on any atom is 0.165 e. The van der Waals surface area contributed by atoms with Crippen molar-refractivity contribution in [1.29, 1.82) is 0 Å². The summed E-state index contributed by atoms with van der Waals surface area (Å²) in [5, 5.41) is 1.24. The molecule has 2 aromatic rings. The molecule has 4 heteroatoms. The molecule has 1 atom stereocenters. The Hall–Kier alpha value is -1.25. The first kappa shape index (κ1) is 18.1. The van der Waals surface area contributed by atoms with Crippen LogP contribution in [-0.2, 0) is 0 Å². The molecule has 0 radical (unpaired) electrons. The molecule has 0 saturated carbocycles. The average Bonchev–Trinajstić information content (AvgIpc) is 2.47.